The van der Waals surface area contributed by atoms with E-state index in [-0.39, 0.29) is 0 Å². The molecule has 0 unspecified atom stereocenters. The van der Waals surface area contributed by atoms with Gasteiger partial charge in [-0.3, -0.25) is 0 Å². The normalized spacial score (nSPS) is 10.5. The van der Waals surface area contributed by atoms with Gasteiger partial charge < -0.3 is 10.7 Å². The van der Waals surface area contributed by atoms with Crippen molar-refractivity contribution in [3.05, 3.63) is 39.1 Å². The Kier molecular flexibility index (Phi) is 5.39. The summed E-state index contributed by atoms with van der Waals surface area (Å²) in [6.07, 6.45) is 1.77. The lowest BCUT2D eigenvalue weighted by atomic mass is 10.2. The molecule has 0 spiro atoms. The molecule has 7 heteroatoms. The van der Waals surface area contributed by atoms with E-state index in [1.165, 1.54) is 0 Å². The minimum absolute atomic E-state index is 0.629. The summed E-state index contributed by atoms with van der Waals surface area (Å²) in [6, 6.07) is 5.61. The van der Waals surface area contributed by atoms with E-state index >= 15 is 0 Å². The maximum absolute atomic E-state index is 6.00. The highest BCUT2D eigenvalue weighted by molar-refractivity contribution is 9.10. The Morgan fingerprint density at radius 1 is 1.29 bits per heavy atom. The van der Waals surface area contributed by atoms with Crippen molar-refractivity contribution in [3.8, 4) is 0 Å². The molecule has 0 fully saturated rings. The van der Waals surface area contributed by atoms with Crippen molar-refractivity contribution in [2.24, 2.45) is 5.84 Å². The third kappa shape index (κ3) is 3.84. The van der Waals surface area contributed by atoms with Crippen LogP contribution in [0.15, 0.2) is 22.7 Å². The monoisotopic (exact) mass is 369 g/mol. The van der Waals surface area contributed by atoms with Gasteiger partial charge in [-0.2, -0.15) is 0 Å². The van der Waals surface area contributed by atoms with Crippen LogP contribution in [0, 0.1) is 6.92 Å². The smallest absolute Gasteiger partial charge is 0.148 e. The van der Waals surface area contributed by atoms with Crippen LogP contribution >= 0.6 is 27.5 Å². The number of rotatable bonds is 5. The summed E-state index contributed by atoms with van der Waals surface area (Å²) < 4.78 is 0.826. The van der Waals surface area contributed by atoms with E-state index in [1.807, 2.05) is 25.1 Å². The van der Waals surface area contributed by atoms with Crippen LogP contribution in [0.4, 0.5) is 17.3 Å². The molecule has 0 saturated carbocycles. The van der Waals surface area contributed by atoms with Crippen LogP contribution in [-0.4, -0.2) is 9.97 Å². The number of aromatic nitrogens is 2. The van der Waals surface area contributed by atoms with Gasteiger partial charge >= 0.3 is 0 Å². The minimum Gasteiger partial charge on any atom is -0.340 e. The van der Waals surface area contributed by atoms with E-state index in [1.54, 1.807) is 0 Å². The number of nitrogens with zero attached hydrogens (tertiary/aromatic N) is 2. The second kappa shape index (κ2) is 7.06. The number of anilines is 3. The number of nitrogens with one attached hydrogen (secondary N) is 2. The van der Waals surface area contributed by atoms with Crippen molar-refractivity contribution in [2.45, 2.75) is 26.7 Å². The zero-order valence-electron chi connectivity index (χ0n) is 11.9. The van der Waals surface area contributed by atoms with Gasteiger partial charge in [0.2, 0.25) is 0 Å². The van der Waals surface area contributed by atoms with E-state index in [0.717, 1.165) is 40.2 Å². The van der Waals surface area contributed by atoms with Crippen molar-refractivity contribution in [1.29, 1.82) is 0 Å². The maximum Gasteiger partial charge on any atom is 0.148 e. The van der Waals surface area contributed by atoms with Gasteiger partial charge in [-0.05, 0) is 47.5 Å². The molecule has 0 atom stereocenters. The van der Waals surface area contributed by atoms with Crippen LogP contribution in [0.2, 0.25) is 5.02 Å². The quantitative estimate of drug-likeness (QED) is 0.543. The molecule has 2 rings (SSSR count). The van der Waals surface area contributed by atoms with Gasteiger partial charge in [0.15, 0.2) is 0 Å². The van der Waals surface area contributed by atoms with Crippen molar-refractivity contribution in [2.75, 3.05) is 10.7 Å². The molecule has 0 aliphatic rings. The molecule has 0 aliphatic carbocycles. The first kappa shape index (κ1) is 16.0. The Hall–Kier alpha value is -1.37. The van der Waals surface area contributed by atoms with E-state index in [2.05, 4.69) is 43.6 Å². The fourth-order valence-corrected chi connectivity index (χ4v) is 2.37. The topological polar surface area (TPSA) is 75.9 Å². The summed E-state index contributed by atoms with van der Waals surface area (Å²) in [5.41, 5.74) is 4.37. The van der Waals surface area contributed by atoms with Gasteiger partial charge in [0.1, 0.15) is 17.5 Å². The number of aryl methyl sites for hydroxylation is 1. The number of nitrogens with two attached hydrogens (primary N) is 1. The molecule has 1 heterocycles. The van der Waals surface area contributed by atoms with Crippen molar-refractivity contribution in [1.82, 2.24) is 9.97 Å². The molecule has 112 valence electrons. The number of benzene rings is 1. The fourth-order valence-electron chi connectivity index (χ4n) is 1.87. The van der Waals surface area contributed by atoms with Crippen LogP contribution in [0.1, 0.15) is 24.7 Å². The third-order valence-corrected chi connectivity index (χ3v) is 4.20. The number of hydrazine groups is 1. The van der Waals surface area contributed by atoms with Crippen LogP contribution in [0.25, 0.3) is 0 Å². The van der Waals surface area contributed by atoms with Gasteiger partial charge in [-0.25, -0.2) is 15.8 Å². The Labute approximate surface area is 137 Å². The lowest BCUT2D eigenvalue weighted by Crippen LogP contribution is -2.14. The van der Waals surface area contributed by atoms with Gasteiger partial charge in [-0.1, -0.05) is 18.5 Å². The summed E-state index contributed by atoms with van der Waals surface area (Å²) in [4.78, 5) is 8.95. The molecule has 2 aromatic rings. The average Bonchev–Trinajstić information content (AvgIpc) is 2.46. The van der Waals surface area contributed by atoms with Gasteiger partial charge in [-0.15, -0.1) is 0 Å². The van der Waals surface area contributed by atoms with Gasteiger partial charge in [0, 0.05) is 22.1 Å². The second-order valence-electron chi connectivity index (χ2n) is 4.61. The highest BCUT2D eigenvalue weighted by Gasteiger charge is 2.10. The molecule has 21 heavy (non-hydrogen) atoms. The summed E-state index contributed by atoms with van der Waals surface area (Å²) in [6.45, 7) is 4.00. The zero-order chi connectivity index (χ0) is 15.4. The lowest BCUT2D eigenvalue weighted by molar-refractivity contribution is 0.833. The molecule has 0 aliphatic heterocycles. The zero-order valence-corrected chi connectivity index (χ0v) is 14.2. The largest absolute Gasteiger partial charge is 0.340 e. The van der Waals surface area contributed by atoms with Crippen LogP contribution in [-0.2, 0) is 6.42 Å². The first-order valence-electron chi connectivity index (χ1n) is 6.61. The Balaban J connectivity index is 2.37. The summed E-state index contributed by atoms with van der Waals surface area (Å²) in [5.74, 6) is 7.65. The number of nitrogen functional groups attached to an aromatic ring is 1. The SMILES string of the molecule is CCCc1nc(NN)c(C)c(Nc2ccc(Cl)c(Br)c2)n1. The van der Waals surface area contributed by atoms with E-state index in [9.17, 15) is 0 Å². The molecule has 0 bridgehead atoms. The maximum atomic E-state index is 6.00. The molecule has 5 nitrogen and oxygen atoms in total. The molecular formula is C14H17BrClN5. The van der Waals surface area contributed by atoms with E-state index < -0.39 is 0 Å². The van der Waals surface area contributed by atoms with E-state index in [0.29, 0.717) is 10.8 Å². The van der Waals surface area contributed by atoms with Crippen molar-refractivity contribution < 1.29 is 0 Å². The minimum atomic E-state index is 0.629. The van der Waals surface area contributed by atoms with Gasteiger partial charge in [0.05, 0.1) is 5.02 Å². The Bertz CT molecular complexity index is 648. The molecule has 4 N–H and O–H groups in total. The van der Waals surface area contributed by atoms with Crippen LogP contribution < -0.4 is 16.6 Å². The molecule has 0 amide bonds. The van der Waals surface area contributed by atoms with Crippen molar-refractivity contribution >= 4 is 44.9 Å². The second-order valence-corrected chi connectivity index (χ2v) is 5.87. The number of halogens is 2. The molecular weight excluding hydrogens is 354 g/mol. The fraction of sp³-hybridized carbons (Fsp3) is 0.286. The predicted octanol–water partition coefficient (Wildman–Crippen LogP) is 4.18. The first-order valence-corrected chi connectivity index (χ1v) is 7.78. The molecule has 1 aromatic carbocycles. The standard InChI is InChI=1S/C14H17BrClN5/c1-3-4-12-19-13(8(2)14(20-12)21-17)18-9-5-6-11(16)10(15)7-9/h5-7H,3-4,17H2,1-2H3,(H2,18,19,20,21). The lowest BCUT2D eigenvalue weighted by Gasteiger charge is -2.14. The molecule has 0 saturated heterocycles. The molecule has 1 aromatic heterocycles. The Morgan fingerprint density at radius 2 is 2.00 bits per heavy atom. The highest BCUT2D eigenvalue weighted by atomic mass is 79.9. The van der Waals surface area contributed by atoms with Gasteiger partial charge in [0.25, 0.3) is 0 Å². The van der Waals surface area contributed by atoms with Crippen molar-refractivity contribution in [3.63, 3.8) is 0 Å². The third-order valence-electron chi connectivity index (χ3n) is 2.98. The summed E-state index contributed by atoms with van der Waals surface area (Å²) in [5, 5.41) is 3.94. The summed E-state index contributed by atoms with van der Waals surface area (Å²) in [7, 11) is 0. The van der Waals surface area contributed by atoms with E-state index in [4.69, 9.17) is 17.4 Å². The highest BCUT2D eigenvalue weighted by Crippen LogP contribution is 2.29. The first-order chi connectivity index (χ1) is 10.0. The average molecular weight is 371 g/mol. The van der Waals surface area contributed by atoms with Crippen LogP contribution in [0.3, 0.4) is 0 Å². The predicted molar refractivity (Wildman–Crippen MR) is 91.0 cm³/mol. The van der Waals surface area contributed by atoms with Crippen LogP contribution in [0.5, 0.6) is 0 Å². The molecule has 0 radical (unpaired) electrons. The number of hydrogen-bond donors (Lipinski definition) is 3. The summed E-state index contributed by atoms with van der Waals surface area (Å²) >= 11 is 9.41. The Morgan fingerprint density at radius 3 is 2.62 bits per heavy atom. The number of hydrogen-bond acceptors (Lipinski definition) is 5.